The molecule has 0 aromatic carbocycles. The predicted octanol–water partition coefficient (Wildman–Crippen LogP) is -0.125. The summed E-state index contributed by atoms with van der Waals surface area (Å²) in [5, 5.41) is 9.92. The summed E-state index contributed by atoms with van der Waals surface area (Å²) < 4.78 is 5.13. The summed E-state index contributed by atoms with van der Waals surface area (Å²) >= 11 is 0. The van der Waals surface area contributed by atoms with Gasteiger partial charge >= 0.3 is 0 Å². The van der Waals surface area contributed by atoms with Gasteiger partial charge < -0.3 is 15.6 Å². The molecule has 0 radical (unpaired) electrons. The lowest BCUT2D eigenvalue weighted by molar-refractivity contribution is -0.00169. The SMILES string of the molecule is NC(C1CC1)C1(O)CCOC1. The fraction of sp³-hybridized carbons (Fsp3) is 1.00. The van der Waals surface area contributed by atoms with E-state index in [1.807, 2.05) is 0 Å². The summed E-state index contributed by atoms with van der Waals surface area (Å²) in [7, 11) is 0. The lowest BCUT2D eigenvalue weighted by atomic mass is 9.91. The number of ether oxygens (including phenoxy) is 1. The lowest BCUT2D eigenvalue weighted by Crippen LogP contribution is -2.49. The van der Waals surface area contributed by atoms with Crippen LogP contribution in [0, 0.1) is 5.92 Å². The van der Waals surface area contributed by atoms with Crippen LogP contribution in [0.4, 0.5) is 0 Å². The molecule has 0 amide bonds. The Bertz CT molecular complexity index is 150. The molecule has 1 saturated heterocycles. The summed E-state index contributed by atoms with van der Waals surface area (Å²) in [4.78, 5) is 0. The Morgan fingerprint density at radius 2 is 2.27 bits per heavy atom. The van der Waals surface area contributed by atoms with E-state index in [1.165, 1.54) is 12.8 Å². The van der Waals surface area contributed by atoms with Gasteiger partial charge in [0.15, 0.2) is 0 Å². The van der Waals surface area contributed by atoms with E-state index in [2.05, 4.69) is 0 Å². The quantitative estimate of drug-likeness (QED) is 0.587. The zero-order valence-corrected chi connectivity index (χ0v) is 6.62. The Kier molecular flexibility index (Phi) is 1.67. The second kappa shape index (κ2) is 2.44. The van der Waals surface area contributed by atoms with Crippen LogP contribution in [0.15, 0.2) is 0 Å². The highest BCUT2D eigenvalue weighted by Gasteiger charge is 2.45. The van der Waals surface area contributed by atoms with Gasteiger partial charge in [-0.05, 0) is 18.8 Å². The van der Waals surface area contributed by atoms with E-state index in [0.717, 1.165) is 0 Å². The number of nitrogens with two attached hydrogens (primary N) is 1. The largest absolute Gasteiger partial charge is 0.386 e. The van der Waals surface area contributed by atoms with Crippen LogP contribution in [0.2, 0.25) is 0 Å². The second-order valence-electron chi connectivity index (χ2n) is 3.77. The maximum Gasteiger partial charge on any atom is 0.105 e. The first-order chi connectivity index (χ1) is 5.22. The lowest BCUT2D eigenvalue weighted by Gasteiger charge is -2.27. The van der Waals surface area contributed by atoms with Crippen molar-refractivity contribution < 1.29 is 9.84 Å². The van der Waals surface area contributed by atoms with Gasteiger partial charge in [0.05, 0.1) is 6.61 Å². The van der Waals surface area contributed by atoms with Gasteiger partial charge in [-0.15, -0.1) is 0 Å². The molecule has 2 aliphatic rings. The topological polar surface area (TPSA) is 55.5 Å². The Hall–Kier alpha value is -0.120. The zero-order chi connectivity index (χ0) is 7.90. The van der Waals surface area contributed by atoms with Crippen molar-refractivity contribution in [3.05, 3.63) is 0 Å². The molecule has 1 saturated carbocycles. The van der Waals surface area contributed by atoms with E-state index in [0.29, 0.717) is 25.6 Å². The molecule has 2 rings (SSSR count). The van der Waals surface area contributed by atoms with E-state index in [1.54, 1.807) is 0 Å². The smallest absolute Gasteiger partial charge is 0.105 e. The molecule has 64 valence electrons. The molecular formula is C8H15NO2. The van der Waals surface area contributed by atoms with E-state index >= 15 is 0 Å². The summed E-state index contributed by atoms with van der Waals surface area (Å²) in [5.41, 5.74) is 5.18. The highest BCUT2D eigenvalue weighted by molar-refractivity contribution is 5.00. The molecule has 11 heavy (non-hydrogen) atoms. The zero-order valence-electron chi connectivity index (χ0n) is 6.62. The first-order valence-electron chi connectivity index (χ1n) is 4.28. The van der Waals surface area contributed by atoms with Gasteiger partial charge in [-0.1, -0.05) is 0 Å². The van der Waals surface area contributed by atoms with Crippen LogP contribution in [0.1, 0.15) is 19.3 Å². The fourth-order valence-electron chi connectivity index (χ4n) is 1.73. The van der Waals surface area contributed by atoms with Crippen molar-refractivity contribution >= 4 is 0 Å². The van der Waals surface area contributed by atoms with E-state index < -0.39 is 5.60 Å². The third-order valence-electron chi connectivity index (χ3n) is 2.78. The third kappa shape index (κ3) is 1.28. The maximum absolute atomic E-state index is 9.92. The van der Waals surface area contributed by atoms with Crippen molar-refractivity contribution in [2.75, 3.05) is 13.2 Å². The van der Waals surface area contributed by atoms with Gasteiger partial charge in [-0.2, -0.15) is 0 Å². The molecule has 1 aliphatic carbocycles. The van der Waals surface area contributed by atoms with Crippen molar-refractivity contribution in [2.24, 2.45) is 11.7 Å². The van der Waals surface area contributed by atoms with E-state index in [4.69, 9.17) is 10.5 Å². The number of hydrogen-bond donors (Lipinski definition) is 2. The first kappa shape index (κ1) is 7.53. The molecule has 0 aromatic rings. The van der Waals surface area contributed by atoms with Crippen LogP contribution < -0.4 is 5.73 Å². The Morgan fingerprint density at radius 1 is 1.55 bits per heavy atom. The highest BCUT2D eigenvalue weighted by Crippen LogP contribution is 2.38. The van der Waals surface area contributed by atoms with Crippen molar-refractivity contribution in [3.8, 4) is 0 Å². The van der Waals surface area contributed by atoms with E-state index in [-0.39, 0.29) is 6.04 Å². The number of rotatable bonds is 2. The minimum absolute atomic E-state index is 0.0509. The molecule has 0 spiro atoms. The highest BCUT2D eigenvalue weighted by atomic mass is 16.5. The van der Waals surface area contributed by atoms with Gasteiger partial charge in [-0.25, -0.2) is 0 Å². The molecule has 3 N–H and O–H groups in total. The molecule has 0 bridgehead atoms. The Morgan fingerprint density at radius 3 is 2.73 bits per heavy atom. The summed E-state index contributed by atoms with van der Waals surface area (Å²) in [5.74, 6) is 0.557. The van der Waals surface area contributed by atoms with Crippen molar-refractivity contribution in [1.82, 2.24) is 0 Å². The van der Waals surface area contributed by atoms with Gasteiger partial charge in [-0.3, -0.25) is 0 Å². The van der Waals surface area contributed by atoms with Crippen LogP contribution in [-0.4, -0.2) is 30.0 Å². The molecule has 3 nitrogen and oxygen atoms in total. The molecule has 2 atom stereocenters. The standard InChI is InChI=1S/C8H15NO2/c9-7(6-1-2-6)8(10)3-4-11-5-8/h6-7,10H,1-5,9H2. The van der Waals surface area contributed by atoms with Crippen LogP contribution in [0.3, 0.4) is 0 Å². The van der Waals surface area contributed by atoms with Crippen molar-refractivity contribution in [3.63, 3.8) is 0 Å². The summed E-state index contributed by atoms with van der Waals surface area (Å²) in [6, 6.07) is -0.0509. The summed E-state index contributed by atoms with van der Waals surface area (Å²) in [6.07, 6.45) is 3.08. The molecule has 1 heterocycles. The summed E-state index contributed by atoms with van der Waals surface area (Å²) in [6.45, 7) is 1.10. The van der Waals surface area contributed by atoms with Crippen LogP contribution in [-0.2, 0) is 4.74 Å². The Labute approximate surface area is 66.5 Å². The number of aliphatic hydroxyl groups is 1. The minimum Gasteiger partial charge on any atom is -0.386 e. The fourth-order valence-corrected chi connectivity index (χ4v) is 1.73. The van der Waals surface area contributed by atoms with Crippen molar-refractivity contribution in [2.45, 2.75) is 30.9 Å². The maximum atomic E-state index is 9.92. The van der Waals surface area contributed by atoms with Gasteiger partial charge in [0.1, 0.15) is 5.60 Å². The molecule has 2 fully saturated rings. The number of hydrogen-bond acceptors (Lipinski definition) is 3. The molecule has 0 aromatic heterocycles. The molecule has 1 aliphatic heterocycles. The van der Waals surface area contributed by atoms with E-state index in [9.17, 15) is 5.11 Å². The molecule has 2 unspecified atom stereocenters. The molecular weight excluding hydrogens is 142 g/mol. The minimum atomic E-state index is -0.707. The van der Waals surface area contributed by atoms with Gasteiger partial charge in [0.2, 0.25) is 0 Å². The third-order valence-corrected chi connectivity index (χ3v) is 2.78. The monoisotopic (exact) mass is 157 g/mol. The van der Waals surface area contributed by atoms with Crippen LogP contribution in [0.5, 0.6) is 0 Å². The Balaban J connectivity index is 1.99. The normalized spacial score (nSPS) is 40.9. The predicted molar refractivity (Wildman–Crippen MR) is 41.1 cm³/mol. The first-order valence-corrected chi connectivity index (χ1v) is 4.28. The van der Waals surface area contributed by atoms with Crippen LogP contribution >= 0.6 is 0 Å². The van der Waals surface area contributed by atoms with Crippen molar-refractivity contribution in [1.29, 1.82) is 0 Å². The van der Waals surface area contributed by atoms with Gasteiger partial charge in [0.25, 0.3) is 0 Å². The second-order valence-corrected chi connectivity index (χ2v) is 3.77. The van der Waals surface area contributed by atoms with Gasteiger partial charge in [0, 0.05) is 19.1 Å². The average molecular weight is 157 g/mol. The molecule has 3 heteroatoms. The average Bonchev–Trinajstić information content (AvgIpc) is 2.74. The van der Waals surface area contributed by atoms with Crippen LogP contribution in [0.25, 0.3) is 0 Å².